The maximum absolute atomic E-state index is 12.7. The lowest BCUT2D eigenvalue weighted by molar-refractivity contribution is -0.134. The molecule has 3 aliphatic rings. The van der Waals surface area contributed by atoms with Gasteiger partial charge < -0.3 is 15.0 Å². The average molecular weight is 386 g/mol. The first kappa shape index (κ1) is 19.3. The van der Waals surface area contributed by atoms with Crippen LogP contribution in [-0.4, -0.2) is 78.6 Å². The number of morpholine rings is 1. The Morgan fingerprint density at radius 1 is 1.29 bits per heavy atom. The van der Waals surface area contributed by atoms with Crippen LogP contribution in [-0.2, 0) is 22.4 Å². The van der Waals surface area contributed by atoms with Crippen LogP contribution in [0.2, 0.25) is 0 Å². The van der Waals surface area contributed by atoms with E-state index in [4.69, 9.17) is 4.74 Å². The van der Waals surface area contributed by atoms with Crippen molar-refractivity contribution in [2.45, 2.75) is 56.7 Å². The Kier molecular flexibility index (Phi) is 5.64. The molecule has 0 spiro atoms. The summed E-state index contributed by atoms with van der Waals surface area (Å²) in [5, 5.41) is 3.18. The summed E-state index contributed by atoms with van der Waals surface area (Å²) in [5.41, 5.74) is 3.04. The number of pyridine rings is 1. The molecule has 28 heavy (non-hydrogen) atoms. The van der Waals surface area contributed by atoms with Crippen molar-refractivity contribution < 1.29 is 14.3 Å². The summed E-state index contributed by atoms with van der Waals surface area (Å²) in [6.07, 6.45) is 7.36. The molecule has 7 nitrogen and oxygen atoms in total. The minimum Gasteiger partial charge on any atom is -0.375 e. The Balaban J connectivity index is 1.32. The van der Waals surface area contributed by atoms with Gasteiger partial charge in [-0.15, -0.1) is 0 Å². The molecule has 3 atom stereocenters. The molecule has 1 aromatic rings. The molecule has 0 unspecified atom stereocenters. The van der Waals surface area contributed by atoms with Crippen LogP contribution >= 0.6 is 0 Å². The van der Waals surface area contributed by atoms with Crippen LogP contribution < -0.4 is 5.32 Å². The Bertz CT molecular complexity index is 751. The lowest BCUT2D eigenvalue weighted by Crippen LogP contribution is -2.47. The highest BCUT2D eigenvalue weighted by molar-refractivity contribution is 5.94. The second kappa shape index (κ2) is 8.17. The number of nitrogens with one attached hydrogen (secondary N) is 1. The lowest BCUT2D eigenvalue weighted by Gasteiger charge is -2.35. The van der Waals surface area contributed by atoms with E-state index in [0.717, 1.165) is 38.0 Å². The number of ether oxygens (including phenoxy) is 1. The van der Waals surface area contributed by atoms with Crippen LogP contribution in [0.3, 0.4) is 0 Å². The minimum absolute atomic E-state index is 0.0361. The van der Waals surface area contributed by atoms with E-state index in [9.17, 15) is 9.59 Å². The van der Waals surface area contributed by atoms with E-state index >= 15 is 0 Å². The van der Waals surface area contributed by atoms with Gasteiger partial charge >= 0.3 is 0 Å². The second-order valence-electron chi connectivity index (χ2n) is 8.50. The molecule has 4 rings (SSSR count). The number of carbonyl (C=O) groups is 2. The van der Waals surface area contributed by atoms with Gasteiger partial charge in [0.05, 0.1) is 24.7 Å². The molecule has 0 radical (unpaired) electrons. The second-order valence-corrected chi connectivity index (χ2v) is 8.50. The molecule has 0 saturated carbocycles. The van der Waals surface area contributed by atoms with Gasteiger partial charge in [-0.25, -0.2) is 0 Å². The third kappa shape index (κ3) is 4.20. The molecule has 2 aliphatic heterocycles. The first-order chi connectivity index (χ1) is 13.5. The van der Waals surface area contributed by atoms with Crippen LogP contribution in [0.5, 0.6) is 0 Å². The van der Waals surface area contributed by atoms with Gasteiger partial charge in [0.2, 0.25) is 5.91 Å². The van der Waals surface area contributed by atoms with E-state index in [1.54, 1.807) is 25.2 Å². The summed E-state index contributed by atoms with van der Waals surface area (Å²) in [7, 11) is 3.54. The minimum atomic E-state index is -0.0644. The SMILES string of the molecule is CN(C)C(=O)C[C@H]1CN2C[C@@H](NC(=O)c3cnc4c(c3)CCCC4)C[C@H]2CO1. The number of aromatic nitrogens is 1. The van der Waals surface area contributed by atoms with Gasteiger partial charge in [-0.1, -0.05) is 0 Å². The number of amides is 2. The number of aryl methyl sites for hydroxylation is 2. The fourth-order valence-corrected chi connectivity index (χ4v) is 4.53. The summed E-state index contributed by atoms with van der Waals surface area (Å²) in [4.78, 5) is 33.1. The van der Waals surface area contributed by atoms with Gasteiger partial charge in [0.25, 0.3) is 5.91 Å². The fraction of sp³-hybridized carbons (Fsp3) is 0.667. The largest absolute Gasteiger partial charge is 0.375 e. The van der Waals surface area contributed by atoms with Crippen LogP contribution in [0.4, 0.5) is 0 Å². The van der Waals surface area contributed by atoms with E-state index in [2.05, 4.69) is 15.2 Å². The third-order valence-corrected chi connectivity index (χ3v) is 6.16. The molecule has 152 valence electrons. The van der Waals surface area contributed by atoms with Crippen LogP contribution in [0.25, 0.3) is 0 Å². The highest BCUT2D eigenvalue weighted by Gasteiger charge is 2.38. The number of fused-ring (bicyclic) bond motifs is 2. The molecule has 1 N–H and O–H groups in total. The summed E-state index contributed by atoms with van der Waals surface area (Å²) < 4.78 is 5.90. The monoisotopic (exact) mass is 386 g/mol. The van der Waals surface area contributed by atoms with Crippen LogP contribution in [0.15, 0.2) is 12.3 Å². The van der Waals surface area contributed by atoms with E-state index in [1.165, 1.54) is 18.4 Å². The van der Waals surface area contributed by atoms with Crippen LogP contribution in [0, 0.1) is 0 Å². The third-order valence-electron chi connectivity index (χ3n) is 6.16. The van der Waals surface area contributed by atoms with E-state index < -0.39 is 0 Å². The van der Waals surface area contributed by atoms with Gasteiger partial charge in [-0.05, 0) is 43.7 Å². The molecular formula is C21H30N4O3. The van der Waals surface area contributed by atoms with Gasteiger partial charge in [-0.3, -0.25) is 19.5 Å². The lowest BCUT2D eigenvalue weighted by atomic mass is 9.95. The Hall–Kier alpha value is -1.99. The highest BCUT2D eigenvalue weighted by Crippen LogP contribution is 2.25. The molecule has 1 aliphatic carbocycles. The first-order valence-electron chi connectivity index (χ1n) is 10.3. The Morgan fingerprint density at radius 2 is 2.11 bits per heavy atom. The van der Waals surface area contributed by atoms with E-state index in [1.807, 2.05) is 6.07 Å². The van der Waals surface area contributed by atoms with Gasteiger partial charge in [-0.2, -0.15) is 0 Å². The van der Waals surface area contributed by atoms with Crippen molar-refractivity contribution in [2.24, 2.45) is 0 Å². The number of hydrogen-bond acceptors (Lipinski definition) is 5. The smallest absolute Gasteiger partial charge is 0.253 e. The maximum Gasteiger partial charge on any atom is 0.253 e. The summed E-state index contributed by atoms with van der Waals surface area (Å²) in [6.45, 7) is 2.18. The molecule has 2 saturated heterocycles. The Labute approximate surface area is 166 Å². The normalized spacial score (nSPS) is 27.0. The van der Waals surface area contributed by atoms with Crippen molar-refractivity contribution in [3.63, 3.8) is 0 Å². The van der Waals surface area contributed by atoms with Gasteiger partial charge in [0.15, 0.2) is 0 Å². The molecule has 0 aromatic carbocycles. The van der Waals surface area contributed by atoms with Crippen molar-refractivity contribution in [3.05, 3.63) is 29.1 Å². The number of carbonyl (C=O) groups excluding carboxylic acids is 2. The average Bonchev–Trinajstić information content (AvgIpc) is 3.08. The topological polar surface area (TPSA) is 74.8 Å². The molecule has 2 fully saturated rings. The zero-order valence-corrected chi connectivity index (χ0v) is 16.8. The standard InChI is InChI=1S/C21H30N4O3/c1-24(2)20(26)9-18-12-25-11-16(8-17(25)13-28-18)23-21(27)15-7-14-5-3-4-6-19(14)22-10-15/h7,10,16-18H,3-6,8-9,11-13H2,1-2H3,(H,23,27)/t16-,17-,18-/m0/s1. The van der Waals surface area contributed by atoms with Crippen molar-refractivity contribution in [1.82, 2.24) is 20.1 Å². The molecular weight excluding hydrogens is 356 g/mol. The highest BCUT2D eigenvalue weighted by atomic mass is 16.5. The predicted molar refractivity (Wildman–Crippen MR) is 105 cm³/mol. The fourth-order valence-electron chi connectivity index (χ4n) is 4.53. The maximum atomic E-state index is 12.7. The van der Waals surface area contributed by atoms with Crippen LogP contribution in [0.1, 0.15) is 47.3 Å². The van der Waals surface area contributed by atoms with Gasteiger partial charge in [0.1, 0.15) is 0 Å². The Morgan fingerprint density at radius 3 is 2.93 bits per heavy atom. The molecule has 2 amide bonds. The number of hydrogen-bond donors (Lipinski definition) is 1. The first-order valence-corrected chi connectivity index (χ1v) is 10.3. The summed E-state index contributed by atoms with van der Waals surface area (Å²) in [5.74, 6) is 0.0541. The van der Waals surface area contributed by atoms with E-state index in [0.29, 0.717) is 24.6 Å². The molecule has 1 aromatic heterocycles. The zero-order chi connectivity index (χ0) is 19.7. The molecule has 7 heteroatoms. The molecule has 3 heterocycles. The van der Waals surface area contributed by atoms with Crippen molar-refractivity contribution in [3.8, 4) is 0 Å². The van der Waals surface area contributed by atoms with E-state index in [-0.39, 0.29) is 24.0 Å². The van der Waals surface area contributed by atoms with Crippen molar-refractivity contribution in [1.29, 1.82) is 0 Å². The molecule has 0 bridgehead atoms. The summed E-state index contributed by atoms with van der Waals surface area (Å²) >= 11 is 0. The predicted octanol–water partition coefficient (Wildman–Crippen LogP) is 1.01. The zero-order valence-electron chi connectivity index (χ0n) is 16.8. The van der Waals surface area contributed by atoms with Crippen molar-refractivity contribution >= 4 is 11.8 Å². The summed E-state index contributed by atoms with van der Waals surface area (Å²) in [6, 6.07) is 2.45. The number of rotatable bonds is 4. The quantitative estimate of drug-likeness (QED) is 0.836. The number of nitrogens with zero attached hydrogens (tertiary/aromatic N) is 3. The van der Waals surface area contributed by atoms with Gasteiger partial charge in [0, 0.05) is 51.2 Å². The van der Waals surface area contributed by atoms with Crippen molar-refractivity contribution in [2.75, 3.05) is 33.8 Å².